The average molecular weight is 367 g/mol. The van der Waals surface area contributed by atoms with Gasteiger partial charge in [-0.25, -0.2) is 0 Å². The Bertz CT molecular complexity index is 633. The first-order valence-electron chi connectivity index (χ1n) is 9.79. The summed E-state index contributed by atoms with van der Waals surface area (Å²) in [6.45, 7) is 10.7. The Morgan fingerprint density at radius 3 is 2.19 bits per heavy atom. The molecule has 1 heterocycles. The van der Waals surface area contributed by atoms with Crippen LogP contribution in [0.4, 0.5) is 0 Å². The first kappa shape index (κ1) is 21.5. The lowest BCUT2D eigenvalue weighted by molar-refractivity contribution is 0.0373. The molecule has 0 spiro atoms. The fraction of sp³-hybridized carbons (Fsp3) is 0.417. The molecule has 1 saturated heterocycles. The van der Waals surface area contributed by atoms with Crippen LogP contribution >= 0.6 is 0 Å². The molecule has 0 saturated carbocycles. The van der Waals surface area contributed by atoms with Crippen molar-refractivity contribution in [2.24, 2.45) is 5.92 Å². The Morgan fingerprint density at radius 1 is 1.07 bits per heavy atom. The highest BCUT2D eigenvalue weighted by atomic mass is 16.3. The molecular weight excluding hydrogens is 334 g/mol. The fourth-order valence-electron chi connectivity index (χ4n) is 3.66. The molecule has 0 bridgehead atoms. The lowest BCUT2D eigenvalue weighted by Gasteiger charge is -2.38. The maximum Gasteiger partial charge on any atom is 0.115 e. The van der Waals surface area contributed by atoms with Gasteiger partial charge in [0.1, 0.15) is 5.75 Å². The smallest absolute Gasteiger partial charge is 0.115 e. The van der Waals surface area contributed by atoms with Crippen LogP contribution < -0.4 is 0 Å². The van der Waals surface area contributed by atoms with E-state index in [9.17, 15) is 10.2 Å². The lowest BCUT2D eigenvalue weighted by atomic mass is 9.89. The maximum absolute atomic E-state index is 10.6. The van der Waals surface area contributed by atoms with Gasteiger partial charge in [0.2, 0.25) is 0 Å². The summed E-state index contributed by atoms with van der Waals surface area (Å²) in [5.74, 6) is 0.974. The summed E-state index contributed by atoms with van der Waals surface area (Å²) in [6, 6.07) is 17.7. The number of benzene rings is 2. The van der Waals surface area contributed by atoms with E-state index in [1.165, 1.54) is 24.8 Å². The van der Waals surface area contributed by atoms with Crippen LogP contribution in [0, 0.1) is 19.3 Å². The quantitative estimate of drug-likeness (QED) is 0.807. The van der Waals surface area contributed by atoms with E-state index >= 15 is 0 Å². The van der Waals surface area contributed by atoms with Crippen LogP contribution in [0.15, 0.2) is 54.6 Å². The van der Waals surface area contributed by atoms with E-state index in [2.05, 4.69) is 42.2 Å². The number of nitrogens with zero attached hydrogens (tertiary/aromatic N) is 1. The Labute approximate surface area is 164 Å². The molecule has 3 rings (SSSR count). The summed E-state index contributed by atoms with van der Waals surface area (Å²) < 4.78 is 0. The zero-order chi connectivity index (χ0) is 19.6. The van der Waals surface area contributed by atoms with E-state index in [1.54, 1.807) is 31.2 Å². The third-order valence-corrected chi connectivity index (χ3v) is 5.28. The number of aliphatic hydroxyl groups excluding tert-OH is 1. The Kier molecular flexibility index (Phi) is 8.83. The lowest BCUT2D eigenvalue weighted by Crippen LogP contribution is -2.43. The van der Waals surface area contributed by atoms with Crippen molar-refractivity contribution in [3.05, 3.63) is 79.1 Å². The molecular formula is C24H32NO2. The van der Waals surface area contributed by atoms with Crippen molar-refractivity contribution in [2.45, 2.75) is 45.3 Å². The highest BCUT2D eigenvalue weighted by Crippen LogP contribution is 2.28. The number of phenolic OH excluding ortho intramolecular Hbond substituents is 1. The van der Waals surface area contributed by atoms with Gasteiger partial charge in [-0.2, -0.15) is 0 Å². The van der Waals surface area contributed by atoms with Crippen LogP contribution in [0.25, 0.3) is 0 Å². The Hall–Kier alpha value is -1.84. The Balaban J connectivity index is 0.000000817. The Morgan fingerprint density at radius 2 is 1.63 bits per heavy atom. The summed E-state index contributed by atoms with van der Waals surface area (Å²) in [4.78, 5) is 2.39. The van der Waals surface area contributed by atoms with Crippen LogP contribution in [0.3, 0.4) is 0 Å². The normalized spacial score (nSPS) is 17.6. The topological polar surface area (TPSA) is 43.7 Å². The van der Waals surface area contributed by atoms with E-state index in [0.717, 1.165) is 31.0 Å². The van der Waals surface area contributed by atoms with Gasteiger partial charge in [-0.1, -0.05) is 49.4 Å². The largest absolute Gasteiger partial charge is 0.508 e. The summed E-state index contributed by atoms with van der Waals surface area (Å²) in [7, 11) is 0. The predicted molar refractivity (Wildman–Crippen MR) is 111 cm³/mol. The van der Waals surface area contributed by atoms with Gasteiger partial charge in [0.05, 0.1) is 6.10 Å². The number of phenols is 1. The van der Waals surface area contributed by atoms with Crippen molar-refractivity contribution in [2.75, 3.05) is 13.1 Å². The van der Waals surface area contributed by atoms with Gasteiger partial charge in [-0.3, -0.25) is 4.90 Å². The number of piperidine rings is 1. The molecule has 0 aromatic heterocycles. The monoisotopic (exact) mass is 366 g/mol. The maximum atomic E-state index is 10.6. The first-order chi connectivity index (χ1) is 13.0. The molecule has 1 aliphatic heterocycles. The number of aliphatic hydroxyl groups is 1. The van der Waals surface area contributed by atoms with E-state index in [4.69, 9.17) is 6.92 Å². The van der Waals surface area contributed by atoms with Gasteiger partial charge in [0, 0.05) is 6.04 Å². The predicted octanol–water partition coefficient (Wildman–Crippen LogP) is 4.69. The third-order valence-electron chi connectivity index (χ3n) is 5.28. The first-order valence-corrected chi connectivity index (χ1v) is 9.79. The zero-order valence-corrected chi connectivity index (χ0v) is 16.5. The SMILES string of the molecule is C[C@@H]([C@H](O)c1ccc(O)cc1)N1CCC(Cc2ccccc2)CC1.[CH][CH]C. The van der Waals surface area contributed by atoms with Gasteiger partial charge in [-0.05, 0) is 81.8 Å². The van der Waals surface area contributed by atoms with Crippen molar-refractivity contribution in [1.82, 2.24) is 4.90 Å². The number of aromatic hydroxyl groups is 1. The third kappa shape index (κ3) is 6.67. The highest BCUT2D eigenvalue weighted by Gasteiger charge is 2.27. The van der Waals surface area contributed by atoms with Gasteiger partial charge in [0.25, 0.3) is 0 Å². The van der Waals surface area contributed by atoms with Crippen molar-refractivity contribution >= 4 is 0 Å². The second kappa shape index (κ2) is 11.1. The molecule has 2 aromatic rings. The fourth-order valence-corrected chi connectivity index (χ4v) is 3.66. The molecule has 2 atom stereocenters. The van der Waals surface area contributed by atoms with E-state index in [0.29, 0.717) is 0 Å². The van der Waals surface area contributed by atoms with Gasteiger partial charge < -0.3 is 10.2 Å². The number of rotatable bonds is 5. The molecule has 27 heavy (non-hydrogen) atoms. The van der Waals surface area contributed by atoms with Crippen LogP contribution in [0.2, 0.25) is 0 Å². The molecule has 1 fully saturated rings. The van der Waals surface area contributed by atoms with Crippen LogP contribution in [0.5, 0.6) is 5.75 Å². The molecule has 3 heteroatoms. The average Bonchev–Trinajstić information content (AvgIpc) is 2.69. The number of hydrogen-bond acceptors (Lipinski definition) is 3. The van der Waals surface area contributed by atoms with E-state index in [-0.39, 0.29) is 11.8 Å². The van der Waals surface area contributed by atoms with Crippen LogP contribution in [-0.4, -0.2) is 34.2 Å². The molecule has 3 nitrogen and oxygen atoms in total. The standard InChI is InChI=1S/C21H27NO2.C3H5/c1-16(21(24)19-7-9-20(23)10-8-19)22-13-11-18(12-14-22)15-17-5-3-2-4-6-17;1-3-2/h2-10,16,18,21,23-24H,11-15H2,1H3;1,3H,2H3/t16-,21-;/m0./s1. The minimum absolute atomic E-state index is 0.0900. The summed E-state index contributed by atoms with van der Waals surface area (Å²) in [6.07, 6.45) is 4.50. The number of hydrogen-bond donors (Lipinski definition) is 2. The molecule has 0 aliphatic carbocycles. The molecule has 2 N–H and O–H groups in total. The second-order valence-corrected chi connectivity index (χ2v) is 7.28. The second-order valence-electron chi connectivity index (χ2n) is 7.28. The molecule has 145 valence electrons. The minimum atomic E-state index is -0.517. The summed E-state index contributed by atoms with van der Waals surface area (Å²) >= 11 is 0. The summed E-state index contributed by atoms with van der Waals surface area (Å²) in [5, 5.41) is 20.0. The van der Waals surface area contributed by atoms with Crippen molar-refractivity contribution in [3.63, 3.8) is 0 Å². The van der Waals surface area contributed by atoms with Crippen molar-refractivity contribution in [1.29, 1.82) is 0 Å². The minimum Gasteiger partial charge on any atom is -0.508 e. The van der Waals surface area contributed by atoms with Gasteiger partial charge >= 0.3 is 0 Å². The van der Waals surface area contributed by atoms with E-state index < -0.39 is 6.10 Å². The highest BCUT2D eigenvalue weighted by molar-refractivity contribution is 5.28. The van der Waals surface area contributed by atoms with Gasteiger partial charge in [-0.15, -0.1) is 0 Å². The molecule has 0 amide bonds. The molecule has 0 unspecified atom stereocenters. The summed E-state index contributed by atoms with van der Waals surface area (Å²) in [5.41, 5.74) is 2.29. The molecule has 3 radical (unpaired) electrons. The van der Waals surface area contributed by atoms with Crippen molar-refractivity contribution in [3.8, 4) is 5.75 Å². The number of likely N-dealkylation sites (tertiary alicyclic amines) is 1. The molecule has 1 aliphatic rings. The van der Waals surface area contributed by atoms with Crippen LogP contribution in [-0.2, 0) is 6.42 Å². The van der Waals surface area contributed by atoms with Crippen molar-refractivity contribution < 1.29 is 10.2 Å². The van der Waals surface area contributed by atoms with E-state index in [1.807, 2.05) is 0 Å². The van der Waals surface area contributed by atoms with Gasteiger partial charge in [0.15, 0.2) is 0 Å². The molecule has 2 aromatic carbocycles. The zero-order valence-electron chi connectivity index (χ0n) is 16.5. The van der Waals surface area contributed by atoms with Crippen LogP contribution in [0.1, 0.15) is 43.9 Å².